The van der Waals surface area contributed by atoms with Gasteiger partial charge in [0.15, 0.2) is 0 Å². The van der Waals surface area contributed by atoms with Crippen LogP contribution in [-0.4, -0.2) is 36.7 Å². The minimum absolute atomic E-state index is 0.0289. The molecule has 0 aromatic carbocycles. The molecule has 1 aliphatic carbocycles. The summed E-state index contributed by atoms with van der Waals surface area (Å²) in [6.45, 7) is 3.48. The van der Waals surface area contributed by atoms with Gasteiger partial charge in [0.2, 0.25) is 0 Å². The number of nitrogens with zero attached hydrogens (tertiary/aromatic N) is 1. The molecule has 0 bridgehead atoms. The predicted molar refractivity (Wildman–Crippen MR) is 78.9 cm³/mol. The number of aromatic nitrogens is 1. The van der Waals surface area contributed by atoms with Crippen LogP contribution in [0, 0.1) is 0 Å². The smallest absolute Gasteiger partial charge is 0.252 e. The molecule has 0 unspecified atom stereocenters. The quantitative estimate of drug-likeness (QED) is 0.802. The van der Waals surface area contributed by atoms with Gasteiger partial charge in [-0.1, -0.05) is 6.92 Å². The molecule has 5 nitrogen and oxygen atoms in total. The van der Waals surface area contributed by atoms with Crippen molar-refractivity contribution >= 4 is 11.7 Å². The van der Waals surface area contributed by atoms with Crippen LogP contribution in [0.4, 0.5) is 5.82 Å². The van der Waals surface area contributed by atoms with Gasteiger partial charge in [-0.15, -0.1) is 0 Å². The van der Waals surface area contributed by atoms with Crippen molar-refractivity contribution in [3.8, 4) is 0 Å². The Labute approximate surface area is 120 Å². The molecular formula is C15H23N3O2. The van der Waals surface area contributed by atoms with Crippen molar-refractivity contribution in [1.29, 1.82) is 0 Å². The molecule has 1 saturated carbocycles. The lowest BCUT2D eigenvalue weighted by Crippen LogP contribution is -2.45. The van der Waals surface area contributed by atoms with Gasteiger partial charge in [-0.25, -0.2) is 4.98 Å². The van der Waals surface area contributed by atoms with Gasteiger partial charge in [0.1, 0.15) is 5.82 Å². The summed E-state index contributed by atoms with van der Waals surface area (Å²) >= 11 is 0. The highest BCUT2D eigenvalue weighted by atomic mass is 16.5. The molecule has 5 heteroatoms. The van der Waals surface area contributed by atoms with Crippen molar-refractivity contribution in [3.05, 3.63) is 23.9 Å². The van der Waals surface area contributed by atoms with Crippen LogP contribution in [0.5, 0.6) is 0 Å². The van der Waals surface area contributed by atoms with Gasteiger partial charge < -0.3 is 15.4 Å². The van der Waals surface area contributed by atoms with Gasteiger partial charge in [0, 0.05) is 26.4 Å². The van der Waals surface area contributed by atoms with Crippen molar-refractivity contribution in [2.45, 2.75) is 38.2 Å². The Hall–Kier alpha value is -1.62. The standard InChI is InChI=1S/C15H23N3O2/c1-3-9-16-14(19)12-5-6-13(17-10-12)18-11-15(20-2)7-4-8-15/h5-6,10H,3-4,7-9,11H2,1-2H3,(H,16,19)(H,17,18). The van der Waals surface area contributed by atoms with Gasteiger partial charge in [-0.05, 0) is 37.8 Å². The molecule has 1 fully saturated rings. The van der Waals surface area contributed by atoms with E-state index in [1.54, 1.807) is 19.4 Å². The Balaban J connectivity index is 1.86. The highest BCUT2D eigenvalue weighted by Crippen LogP contribution is 2.34. The third-order valence-electron chi connectivity index (χ3n) is 3.85. The molecule has 110 valence electrons. The van der Waals surface area contributed by atoms with Gasteiger partial charge >= 0.3 is 0 Å². The second-order valence-corrected chi connectivity index (χ2v) is 5.28. The van der Waals surface area contributed by atoms with Gasteiger partial charge in [0.05, 0.1) is 11.2 Å². The lowest BCUT2D eigenvalue weighted by atomic mass is 9.80. The Bertz CT molecular complexity index is 435. The summed E-state index contributed by atoms with van der Waals surface area (Å²) in [5.74, 6) is 0.707. The van der Waals surface area contributed by atoms with Crippen LogP contribution in [0.3, 0.4) is 0 Å². The number of rotatable bonds is 7. The largest absolute Gasteiger partial charge is 0.376 e. The number of amides is 1. The van der Waals surface area contributed by atoms with Crippen molar-refractivity contribution in [2.24, 2.45) is 0 Å². The Morgan fingerprint density at radius 3 is 2.75 bits per heavy atom. The maximum Gasteiger partial charge on any atom is 0.252 e. The normalized spacial score (nSPS) is 16.3. The topological polar surface area (TPSA) is 63.2 Å². The number of hydrogen-bond donors (Lipinski definition) is 2. The maximum absolute atomic E-state index is 11.7. The van der Waals surface area contributed by atoms with Crippen molar-refractivity contribution in [3.63, 3.8) is 0 Å². The van der Waals surface area contributed by atoms with Crippen molar-refractivity contribution < 1.29 is 9.53 Å². The van der Waals surface area contributed by atoms with Gasteiger partial charge in [0.25, 0.3) is 5.91 Å². The summed E-state index contributed by atoms with van der Waals surface area (Å²) in [5.41, 5.74) is 0.563. The molecule has 20 heavy (non-hydrogen) atoms. The van der Waals surface area contributed by atoms with Crippen LogP contribution in [0.1, 0.15) is 43.0 Å². The monoisotopic (exact) mass is 277 g/mol. The highest BCUT2D eigenvalue weighted by Gasteiger charge is 2.36. The second-order valence-electron chi connectivity index (χ2n) is 5.28. The van der Waals surface area contributed by atoms with Crippen molar-refractivity contribution in [2.75, 3.05) is 25.5 Å². The minimum atomic E-state index is -0.0711. The van der Waals surface area contributed by atoms with Crippen LogP contribution in [-0.2, 0) is 4.74 Å². The Kier molecular flexibility index (Phi) is 4.95. The highest BCUT2D eigenvalue weighted by molar-refractivity contribution is 5.93. The summed E-state index contributed by atoms with van der Waals surface area (Å²) in [6.07, 6.45) is 5.94. The van der Waals surface area contributed by atoms with E-state index in [1.165, 1.54) is 6.42 Å². The first-order valence-corrected chi connectivity index (χ1v) is 7.22. The molecule has 0 aliphatic heterocycles. The first-order chi connectivity index (χ1) is 9.69. The summed E-state index contributed by atoms with van der Waals surface area (Å²) in [6, 6.07) is 3.63. The molecule has 1 aromatic heterocycles. The van der Waals surface area contributed by atoms with Crippen LogP contribution in [0.2, 0.25) is 0 Å². The minimum Gasteiger partial charge on any atom is -0.376 e. The lowest BCUT2D eigenvalue weighted by molar-refractivity contribution is -0.0601. The first kappa shape index (κ1) is 14.8. The summed E-state index contributed by atoms with van der Waals surface area (Å²) < 4.78 is 5.55. The zero-order chi connectivity index (χ0) is 14.4. The SMILES string of the molecule is CCCNC(=O)c1ccc(NCC2(OC)CCC2)nc1. The van der Waals surface area contributed by atoms with Crippen LogP contribution in [0.15, 0.2) is 18.3 Å². The van der Waals surface area contributed by atoms with E-state index < -0.39 is 0 Å². The maximum atomic E-state index is 11.7. The average molecular weight is 277 g/mol. The number of hydrogen-bond acceptors (Lipinski definition) is 4. The fourth-order valence-electron chi connectivity index (χ4n) is 2.25. The average Bonchev–Trinajstić information content (AvgIpc) is 2.45. The molecule has 1 amide bonds. The predicted octanol–water partition coefficient (Wildman–Crippen LogP) is 2.20. The Morgan fingerprint density at radius 1 is 1.45 bits per heavy atom. The zero-order valence-electron chi connectivity index (χ0n) is 12.2. The van der Waals surface area contributed by atoms with E-state index in [4.69, 9.17) is 4.74 Å². The van der Waals surface area contributed by atoms with Crippen molar-refractivity contribution in [1.82, 2.24) is 10.3 Å². The van der Waals surface area contributed by atoms with E-state index in [0.29, 0.717) is 12.1 Å². The molecule has 0 radical (unpaired) electrons. The van der Waals surface area contributed by atoms with E-state index >= 15 is 0 Å². The van der Waals surface area contributed by atoms with E-state index in [0.717, 1.165) is 31.6 Å². The zero-order valence-corrected chi connectivity index (χ0v) is 12.2. The fourth-order valence-corrected chi connectivity index (χ4v) is 2.25. The molecule has 1 aliphatic rings. The Morgan fingerprint density at radius 2 is 2.25 bits per heavy atom. The third-order valence-corrected chi connectivity index (χ3v) is 3.85. The van der Waals surface area contributed by atoms with E-state index in [1.807, 2.05) is 13.0 Å². The van der Waals surface area contributed by atoms with Crippen LogP contribution in [0.25, 0.3) is 0 Å². The second kappa shape index (κ2) is 6.70. The van der Waals surface area contributed by atoms with E-state index in [-0.39, 0.29) is 11.5 Å². The van der Waals surface area contributed by atoms with E-state index in [9.17, 15) is 4.79 Å². The number of nitrogens with one attached hydrogen (secondary N) is 2. The van der Waals surface area contributed by atoms with E-state index in [2.05, 4.69) is 15.6 Å². The number of carbonyl (C=O) groups excluding carboxylic acids is 1. The van der Waals surface area contributed by atoms with Gasteiger partial charge in [-0.3, -0.25) is 4.79 Å². The number of carbonyl (C=O) groups is 1. The molecular weight excluding hydrogens is 254 g/mol. The number of pyridine rings is 1. The third kappa shape index (κ3) is 3.48. The molecule has 0 saturated heterocycles. The molecule has 2 rings (SSSR count). The molecule has 0 spiro atoms. The summed E-state index contributed by atoms with van der Waals surface area (Å²) in [7, 11) is 1.76. The summed E-state index contributed by atoms with van der Waals surface area (Å²) in [4.78, 5) is 16.0. The fraction of sp³-hybridized carbons (Fsp3) is 0.600. The number of anilines is 1. The molecule has 2 N–H and O–H groups in total. The lowest BCUT2D eigenvalue weighted by Gasteiger charge is -2.40. The summed E-state index contributed by atoms with van der Waals surface area (Å²) in [5, 5.41) is 6.11. The molecule has 1 heterocycles. The molecule has 0 atom stereocenters. The number of methoxy groups -OCH3 is 1. The van der Waals surface area contributed by atoms with Crippen LogP contribution >= 0.6 is 0 Å². The van der Waals surface area contributed by atoms with Gasteiger partial charge in [-0.2, -0.15) is 0 Å². The first-order valence-electron chi connectivity index (χ1n) is 7.22. The number of ether oxygens (including phenoxy) is 1. The van der Waals surface area contributed by atoms with Crippen LogP contribution < -0.4 is 10.6 Å². The molecule has 1 aromatic rings.